The zero-order chi connectivity index (χ0) is 9.42. The number of anilines is 1. The molecule has 1 aliphatic rings. The lowest BCUT2D eigenvalue weighted by molar-refractivity contribution is 0.139. The summed E-state index contributed by atoms with van der Waals surface area (Å²) in [5, 5.41) is 13.8. The molecular weight excluding hydrogens is 176 g/mol. The smallest absolute Gasteiger partial charge is 0.322 e. The molecule has 0 fully saturated rings. The Morgan fingerprint density at radius 2 is 2.23 bits per heavy atom. The molecule has 2 heterocycles. The number of urea groups is 1. The van der Waals surface area contributed by atoms with Gasteiger partial charge in [0.25, 0.3) is 5.56 Å². The van der Waals surface area contributed by atoms with Crippen LogP contribution in [0.1, 0.15) is 11.9 Å². The molecule has 0 bridgehead atoms. The number of aromatic amines is 1. The van der Waals surface area contributed by atoms with Crippen LogP contribution in [0.25, 0.3) is 0 Å². The number of carbonyl (C=O) groups excluding carboxylic acids is 1. The molecule has 0 aliphatic carbocycles. The number of hydrogen-bond acceptors (Lipinski definition) is 4. The van der Waals surface area contributed by atoms with Gasteiger partial charge in [-0.2, -0.15) is 0 Å². The van der Waals surface area contributed by atoms with Gasteiger partial charge in [0.15, 0.2) is 12.0 Å². The van der Waals surface area contributed by atoms with E-state index >= 15 is 0 Å². The summed E-state index contributed by atoms with van der Waals surface area (Å²) in [5.74, 6) is 0.163. The molecule has 0 saturated carbocycles. The molecular formula is C6H6N4O3. The number of H-pyrrole nitrogens is 1. The quantitative estimate of drug-likeness (QED) is 0.408. The highest BCUT2D eigenvalue weighted by atomic mass is 16.3. The Kier molecular flexibility index (Phi) is 1.52. The van der Waals surface area contributed by atoms with Crippen LogP contribution >= 0.6 is 0 Å². The van der Waals surface area contributed by atoms with Crippen LogP contribution in [0.3, 0.4) is 0 Å². The lowest BCUT2D eigenvalue weighted by Crippen LogP contribution is -2.39. The van der Waals surface area contributed by atoms with E-state index in [1.807, 2.05) is 0 Å². The Morgan fingerprint density at radius 3 is 3.00 bits per heavy atom. The van der Waals surface area contributed by atoms with Crippen molar-refractivity contribution in [1.82, 2.24) is 15.3 Å². The minimum Gasteiger partial charge on any atom is -0.368 e. The van der Waals surface area contributed by atoms with Crippen molar-refractivity contribution in [2.24, 2.45) is 0 Å². The van der Waals surface area contributed by atoms with Crippen LogP contribution in [0, 0.1) is 0 Å². The van der Waals surface area contributed by atoms with Crippen LogP contribution in [-0.4, -0.2) is 21.1 Å². The van der Waals surface area contributed by atoms with Gasteiger partial charge < -0.3 is 15.4 Å². The van der Waals surface area contributed by atoms with E-state index in [4.69, 9.17) is 0 Å². The van der Waals surface area contributed by atoms with E-state index in [9.17, 15) is 14.7 Å². The normalized spacial score (nSPS) is 20.1. The lowest BCUT2D eigenvalue weighted by atomic mass is 10.3. The van der Waals surface area contributed by atoms with Crippen molar-refractivity contribution in [3.63, 3.8) is 0 Å². The summed E-state index contributed by atoms with van der Waals surface area (Å²) in [6.07, 6.45) is -0.192. The summed E-state index contributed by atoms with van der Waals surface area (Å²) in [7, 11) is 0. The predicted octanol–water partition coefficient (Wildman–Crippen LogP) is -1.10. The zero-order valence-electron chi connectivity index (χ0n) is 6.37. The summed E-state index contributed by atoms with van der Waals surface area (Å²) >= 11 is 0. The van der Waals surface area contributed by atoms with E-state index < -0.39 is 17.8 Å². The molecule has 0 saturated heterocycles. The number of aliphatic hydroxyl groups is 1. The second kappa shape index (κ2) is 2.56. The Balaban J connectivity index is 2.55. The number of aliphatic hydroxyl groups excluding tert-OH is 1. The second-order valence-corrected chi connectivity index (χ2v) is 2.51. The second-order valence-electron chi connectivity index (χ2n) is 2.51. The molecule has 68 valence electrons. The van der Waals surface area contributed by atoms with Gasteiger partial charge in [0.1, 0.15) is 5.69 Å². The molecule has 1 aliphatic heterocycles. The van der Waals surface area contributed by atoms with Crippen molar-refractivity contribution in [1.29, 1.82) is 0 Å². The minimum absolute atomic E-state index is 0.159. The maximum atomic E-state index is 10.8. The Hall–Kier alpha value is -1.89. The molecule has 1 aromatic heterocycles. The van der Waals surface area contributed by atoms with Crippen LogP contribution in [0.2, 0.25) is 0 Å². The first-order valence-corrected chi connectivity index (χ1v) is 3.51. The average Bonchev–Trinajstić information content (AvgIpc) is 2.06. The summed E-state index contributed by atoms with van der Waals surface area (Å²) in [5.41, 5.74) is -0.275. The number of nitrogens with one attached hydrogen (secondary N) is 3. The van der Waals surface area contributed by atoms with Crippen LogP contribution in [0.4, 0.5) is 10.6 Å². The van der Waals surface area contributed by atoms with Crippen LogP contribution < -0.4 is 16.2 Å². The highest BCUT2D eigenvalue weighted by molar-refractivity contribution is 5.90. The fourth-order valence-electron chi connectivity index (χ4n) is 1.05. The summed E-state index contributed by atoms with van der Waals surface area (Å²) in [4.78, 5) is 27.6. The predicted molar refractivity (Wildman–Crippen MR) is 42.0 cm³/mol. The van der Waals surface area contributed by atoms with Crippen molar-refractivity contribution in [2.45, 2.75) is 6.23 Å². The number of aromatic nitrogens is 2. The fraction of sp³-hybridized carbons (Fsp3) is 0.167. The minimum atomic E-state index is -1.22. The molecule has 1 aromatic rings. The molecule has 1 atom stereocenters. The largest absolute Gasteiger partial charge is 0.368 e. The third-order valence-electron chi connectivity index (χ3n) is 1.60. The molecule has 7 nitrogen and oxygen atoms in total. The number of carbonyl (C=O) groups is 1. The molecule has 13 heavy (non-hydrogen) atoms. The molecule has 7 heteroatoms. The SMILES string of the molecule is O=C1Nc2ncc(=O)[nH]c2C(O)N1. The number of hydrogen-bond donors (Lipinski definition) is 4. The molecule has 1 unspecified atom stereocenters. The molecule has 2 rings (SSSR count). The van der Waals surface area contributed by atoms with Gasteiger partial charge >= 0.3 is 6.03 Å². The summed E-state index contributed by atoms with van der Waals surface area (Å²) < 4.78 is 0. The standard InChI is InChI=1S/C6H6N4O3/c11-2-1-7-4-3(8-2)5(12)10-6(13)9-4/h1,5,12H,(H,8,11)(H2,7,9,10,13). The van der Waals surface area contributed by atoms with Gasteiger partial charge in [-0.1, -0.05) is 0 Å². The molecule has 0 radical (unpaired) electrons. The molecule has 0 spiro atoms. The highest BCUT2D eigenvalue weighted by Crippen LogP contribution is 2.17. The highest BCUT2D eigenvalue weighted by Gasteiger charge is 2.23. The van der Waals surface area contributed by atoms with E-state index in [1.54, 1.807) is 0 Å². The number of rotatable bonds is 0. The first kappa shape index (κ1) is 7.74. The maximum Gasteiger partial charge on any atom is 0.322 e. The van der Waals surface area contributed by atoms with Gasteiger partial charge in [-0.05, 0) is 0 Å². The summed E-state index contributed by atoms with van der Waals surface area (Å²) in [6.45, 7) is 0. The van der Waals surface area contributed by atoms with Crippen molar-refractivity contribution in [3.8, 4) is 0 Å². The van der Waals surface area contributed by atoms with Crippen molar-refractivity contribution >= 4 is 11.8 Å². The average molecular weight is 182 g/mol. The van der Waals surface area contributed by atoms with E-state index in [-0.39, 0.29) is 11.5 Å². The zero-order valence-corrected chi connectivity index (χ0v) is 6.37. The van der Waals surface area contributed by atoms with Gasteiger partial charge in [-0.25, -0.2) is 9.78 Å². The van der Waals surface area contributed by atoms with E-state index in [0.29, 0.717) is 0 Å². The van der Waals surface area contributed by atoms with Gasteiger partial charge in [0, 0.05) is 0 Å². The Labute approximate surface area is 71.8 Å². The fourth-order valence-corrected chi connectivity index (χ4v) is 1.05. The maximum absolute atomic E-state index is 10.8. The van der Waals surface area contributed by atoms with Crippen LogP contribution in [0.5, 0.6) is 0 Å². The molecule has 0 aromatic carbocycles. The van der Waals surface area contributed by atoms with Crippen LogP contribution in [0.15, 0.2) is 11.0 Å². The van der Waals surface area contributed by atoms with E-state index in [0.717, 1.165) is 6.20 Å². The first-order valence-electron chi connectivity index (χ1n) is 3.51. The van der Waals surface area contributed by atoms with Gasteiger partial charge in [0.2, 0.25) is 0 Å². The van der Waals surface area contributed by atoms with Gasteiger partial charge in [0.05, 0.1) is 6.20 Å². The van der Waals surface area contributed by atoms with E-state index in [2.05, 4.69) is 20.6 Å². The number of nitrogens with zero attached hydrogens (tertiary/aromatic N) is 1. The lowest BCUT2D eigenvalue weighted by Gasteiger charge is -2.20. The third kappa shape index (κ3) is 1.25. The number of amides is 2. The first-order chi connectivity index (χ1) is 6.16. The Morgan fingerprint density at radius 1 is 1.46 bits per heavy atom. The van der Waals surface area contributed by atoms with Crippen LogP contribution in [-0.2, 0) is 0 Å². The van der Waals surface area contributed by atoms with Crippen molar-refractivity contribution in [3.05, 3.63) is 22.2 Å². The van der Waals surface area contributed by atoms with E-state index in [1.165, 1.54) is 0 Å². The van der Waals surface area contributed by atoms with Crippen molar-refractivity contribution < 1.29 is 9.90 Å². The van der Waals surface area contributed by atoms with Crippen molar-refractivity contribution in [2.75, 3.05) is 5.32 Å². The Bertz CT molecular complexity index is 413. The topological polar surface area (TPSA) is 107 Å². The number of fused-ring (bicyclic) bond motifs is 1. The third-order valence-corrected chi connectivity index (χ3v) is 1.60. The molecule has 2 amide bonds. The monoisotopic (exact) mass is 182 g/mol. The molecule has 4 N–H and O–H groups in total. The van der Waals surface area contributed by atoms with Gasteiger partial charge in [-0.3, -0.25) is 10.1 Å². The summed E-state index contributed by atoms with van der Waals surface area (Å²) in [6, 6.07) is -0.556. The van der Waals surface area contributed by atoms with Gasteiger partial charge in [-0.15, -0.1) is 0 Å².